The lowest BCUT2D eigenvalue weighted by Gasteiger charge is -2.15. The molecule has 0 fully saturated rings. The van der Waals surface area contributed by atoms with E-state index in [1.165, 1.54) is 0 Å². The van der Waals surface area contributed by atoms with Gasteiger partial charge < -0.3 is 19.3 Å². The van der Waals surface area contributed by atoms with Crippen LogP contribution < -0.4 is 9.47 Å². The third kappa shape index (κ3) is 7.28. The topological polar surface area (TPSA) is 42.0 Å². The number of hydrogen-bond acceptors (Lipinski definition) is 5. The maximum Gasteiger partial charge on any atom is 0.189 e. The van der Waals surface area contributed by atoms with E-state index in [0.29, 0.717) is 17.9 Å². The first-order valence-electron chi connectivity index (χ1n) is 11.8. The van der Waals surface area contributed by atoms with E-state index >= 15 is 0 Å². The summed E-state index contributed by atoms with van der Waals surface area (Å²) in [5, 5.41) is 0. The average molecular weight is 473 g/mol. The van der Waals surface area contributed by atoms with Crippen LogP contribution in [0, 0.1) is 6.92 Å². The normalized spacial score (nSPS) is 11.4. The van der Waals surface area contributed by atoms with Crippen molar-refractivity contribution in [2.45, 2.75) is 13.5 Å². The zero-order valence-electron chi connectivity index (χ0n) is 21.7. The Morgan fingerprint density at radius 3 is 2.40 bits per heavy atom. The highest BCUT2D eigenvalue weighted by molar-refractivity contribution is 6.09. The second-order valence-electron chi connectivity index (χ2n) is 9.18. The van der Waals surface area contributed by atoms with E-state index < -0.39 is 0 Å². The summed E-state index contributed by atoms with van der Waals surface area (Å²) in [6, 6.07) is 20.0. The molecule has 0 aliphatic rings. The van der Waals surface area contributed by atoms with Gasteiger partial charge in [-0.2, -0.15) is 0 Å². The van der Waals surface area contributed by atoms with Gasteiger partial charge in [0.2, 0.25) is 0 Å². The molecular weight excluding hydrogens is 436 g/mol. The van der Waals surface area contributed by atoms with Gasteiger partial charge in [0.15, 0.2) is 5.78 Å². The molecule has 0 saturated heterocycles. The molecule has 0 atom stereocenters. The second kappa shape index (κ2) is 12.3. The Labute approximate surface area is 209 Å². The summed E-state index contributed by atoms with van der Waals surface area (Å²) in [6.07, 6.45) is 3.50. The summed E-state index contributed by atoms with van der Waals surface area (Å²) >= 11 is 0. The van der Waals surface area contributed by atoms with E-state index in [1.807, 2.05) is 82.8 Å². The van der Waals surface area contributed by atoms with Gasteiger partial charge in [-0.15, -0.1) is 0 Å². The van der Waals surface area contributed by atoms with Crippen molar-refractivity contribution in [3.05, 3.63) is 89.0 Å². The molecule has 5 nitrogen and oxygen atoms in total. The van der Waals surface area contributed by atoms with Crippen molar-refractivity contribution in [3.63, 3.8) is 0 Å². The summed E-state index contributed by atoms with van der Waals surface area (Å²) in [7, 11) is 9.69. The van der Waals surface area contributed by atoms with Crippen LogP contribution in [0.15, 0.2) is 66.7 Å². The molecule has 35 heavy (non-hydrogen) atoms. The SMILES string of the molecule is COc1ccc(CN(C)C)c(C=CC(=O)c2cc(-c3ccccc3C)ccc2OCCN(C)C)c1. The smallest absolute Gasteiger partial charge is 0.189 e. The van der Waals surface area contributed by atoms with Gasteiger partial charge in [0.1, 0.15) is 18.1 Å². The first-order valence-corrected chi connectivity index (χ1v) is 11.8. The van der Waals surface area contributed by atoms with Gasteiger partial charge in [-0.25, -0.2) is 0 Å². The molecule has 3 aromatic rings. The van der Waals surface area contributed by atoms with Crippen LogP contribution in [-0.4, -0.2) is 64.0 Å². The fourth-order valence-electron chi connectivity index (χ4n) is 3.85. The lowest BCUT2D eigenvalue weighted by atomic mass is 9.96. The molecule has 0 aromatic heterocycles. The van der Waals surface area contributed by atoms with Crippen molar-refractivity contribution in [2.24, 2.45) is 0 Å². The van der Waals surface area contributed by atoms with Gasteiger partial charge in [0, 0.05) is 13.1 Å². The molecule has 0 unspecified atom stereocenters. The fourth-order valence-corrected chi connectivity index (χ4v) is 3.85. The first-order chi connectivity index (χ1) is 16.8. The van der Waals surface area contributed by atoms with E-state index in [9.17, 15) is 4.79 Å². The Morgan fingerprint density at radius 2 is 1.71 bits per heavy atom. The summed E-state index contributed by atoms with van der Waals surface area (Å²) < 4.78 is 11.4. The molecule has 0 aliphatic heterocycles. The minimum atomic E-state index is -0.0982. The highest BCUT2D eigenvalue weighted by Crippen LogP contribution is 2.30. The van der Waals surface area contributed by atoms with E-state index in [2.05, 4.69) is 28.9 Å². The predicted molar refractivity (Wildman–Crippen MR) is 144 cm³/mol. The van der Waals surface area contributed by atoms with Crippen LogP contribution in [0.1, 0.15) is 27.0 Å². The lowest BCUT2D eigenvalue weighted by Crippen LogP contribution is -2.20. The number of likely N-dealkylation sites (N-methyl/N-ethyl adjacent to an activating group) is 1. The van der Waals surface area contributed by atoms with Crippen molar-refractivity contribution < 1.29 is 14.3 Å². The molecule has 3 aromatic carbocycles. The summed E-state index contributed by atoms with van der Waals surface area (Å²) in [5.41, 5.74) is 5.89. The monoisotopic (exact) mass is 472 g/mol. The zero-order valence-corrected chi connectivity index (χ0v) is 21.7. The van der Waals surface area contributed by atoms with Gasteiger partial charge in [0.05, 0.1) is 12.7 Å². The Kier molecular flexibility index (Phi) is 9.24. The van der Waals surface area contributed by atoms with Crippen LogP contribution in [0.5, 0.6) is 11.5 Å². The highest BCUT2D eigenvalue weighted by Gasteiger charge is 2.14. The molecule has 0 aliphatic carbocycles. The van der Waals surface area contributed by atoms with E-state index in [1.54, 1.807) is 13.2 Å². The Morgan fingerprint density at radius 1 is 0.943 bits per heavy atom. The minimum Gasteiger partial charge on any atom is -0.497 e. The number of carbonyl (C=O) groups is 1. The second-order valence-corrected chi connectivity index (χ2v) is 9.18. The van der Waals surface area contributed by atoms with Gasteiger partial charge in [0.25, 0.3) is 0 Å². The van der Waals surface area contributed by atoms with E-state index in [4.69, 9.17) is 9.47 Å². The highest BCUT2D eigenvalue weighted by atomic mass is 16.5. The first kappa shape index (κ1) is 26.2. The van der Waals surface area contributed by atoms with Crippen molar-refractivity contribution in [3.8, 4) is 22.6 Å². The number of aryl methyl sites for hydroxylation is 1. The molecule has 5 heteroatoms. The van der Waals surface area contributed by atoms with Gasteiger partial charge in [-0.3, -0.25) is 4.79 Å². The fraction of sp³-hybridized carbons (Fsp3) is 0.300. The molecule has 0 saturated carbocycles. The van der Waals surface area contributed by atoms with Crippen LogP contribution in [0.4, 0.5) is 0 Å². The van der Waals surface area contributed by atoms with Crippen molar-refractivity contribution in [2.75, 3.05) is 48.5 Å². The number of carbonyl (C=O) groups excluding carboxylic acids is 1. The molecule has 184 valence electrons. The van der Waals surface area contributed by atoms with Crippen LogP contribution in [-0.2, 0) is 6.54 Å². The van der Waals surface area contributed by atoms with Gasteiger partial charge >= 0.3 is 0 Å². The molecule has 0 heterocycles. The molecule has 0 bridgehead atoms. The maximum absolute atomic E-state index is 13.5. The Bertz CT molecular complexity index is 1180. The number of nitrogens with zero attached hydrogens (tertiary/aromatic N) is 2. The summed E-state index contributed by atoms with van der Waals surface area (Å²) in [6.45, 7) is 4.11. The molecule has 3 rings (SSSR count). The van der Waals surface area contributed by atoms with Gasteiger partial charge in [-0.05, 0) is 93.3 Å². The van der Waals surface area contributed by atoms with E-state index in [-0.39, 0.29) is 5.78 Å². The largest absolute Gasteiger partial charge is 0.497 e. The minimum absolute atomic E-state index is 0.0982. The lowest BCUT2D eigenvalue weighted by molar-refractivity contribution is 0.104. The average Bonchev–Trinajstić information content (AvgIpc) is 2.83. The van der Waals surface area contributed by atoms with Crippen LogP contribution in [0.3, 0.4) is 0 Å². The number of methoxy groups -OCH3 is 1. The van der Waals surface area contributed by atoms with E-state index in [0.717, 1.165) is 46.7 Å². The molecule has 0 radical (unpaired) electrons. The number of ketones is 1. The van der Waals surface area contributed by atoms with Crippen molar-refractivity contribution >= 4 is 11.9 Å². The van der Waals surface area contributed by atoms with Crippen LogP contribution in [0.2, 0.25) is 0 Å². The third-order valence-corrected chi connectivity index (χ3v) is 5.75. The number of rotatable bonds is 11. The summed E-state index contributed by atoms with van der Waals surface area (Å²) in [5.74, 6) is 1.26. The van der Waals surface area contributed by atoms with Crippen LogP contribution >= 0.6 is 0 Å². The zero-order chi connectivity index (χ0) is 25.4. The standard InChI is InChI=1S/C30H36N2O3/c1-22-9-7-8-10-27(22)24-13-16-30(35-18-17-31(2)3)28(20-24)29(33)15-12-23-19-26(34-6)14-11-25(23)21-32(4)5/h7-16,19-20H,17-18,21H2,1-6H3. The third-order valence-electron chi connectivity index (χ3n) is 5.75. The quantitative estimate of drug-likeness (QED) is 0.270. The number of ether oxygens (including phenoxy) is 2. The molecular formula is C30H36N2O3. The maximum atomic E-state index is 13.5. The Hall–Kier alpha value is -3.41. The predicted octanol–water partition coefficient (Wildman–Crippen LogP) is 5.57. The van der Waals surface area contributed by atoms with Crippen molar-refractivity contribution in [1.82, 2.24) is 9.80 Å². The Balaban J connectivity index is 1.98. The van der Waals surface area contributed by atoms with Crippen LogP contribution in [0.25, 0.3) is 17.2 Å². The number of hydrogen-bond donors (Lipinski definition) is 0. The molecule has 0 spiro atoms. The summed E-state index contributed by atoms with van der Waals surface area (Å²) in [4.78, 5) is 17.6. The van der Waals surface area contributed by atoms with Gasteiger partial charge in [-0.1, -0.05) is 42.5 Å². The van der Waals surface area contributed by atoms with Crippen molar-refractivity contribution in [1.29, 1.82) is 0 Å². The number of benzene rings is 3. The molecule has 0 amide bonds. The number of allylic oxidation sites excluding steroid dienone is 1. The molecule has 0 N–H and O–H groups in total.